The second kappa shape index (κ2) is 3.92. The Hall–Kier alpha value is -2.76. The van der Waals surface area contributed by atoms with E-state index in [1.165, 1.54) is 0 Å². The van der Waals surface area contributed by atoms with Crippen molar-refractivity contribution >= 4 is 16.9 Å². The highest BCUT2D eigenvalue weighted by atomic mass is 16.1. The Kier molecular flexibility index (Phi) is 2.26. The fraction of sp³-hybridized carbons (Fsp3) is 0. The lowest BCUT2D eigenvalue weighted by Gasteiger charge is -2.01. The zero-order valence-corrected chi connectivity index (χ0v) is 9.32. The Morgan fingerprint density at radius 3 is 2.83 bits per heavy atom. The number of nitrogens with two attached hydrogens (primary N) is 1. The van der Waals surface area contributed by atoms with Crippen LogP contribution >= 0.6 is 0 Å². The van der Waals surface area contributed by atoms with Crippen LogP contribution in [0.4, 0.5) is 0 Å². The van der Waals surface area contributed by atoms with E-state index in [0.29, 0.717) is 11.1 Å². The van der Waals surface area contributed by atoms with Gasteiger partial charge in [0.2, 0.25) is 0 Å². The van der Waals surface area contributed by atoms with Crippen molar-refractivity contribution in [2.75, 3.05) is 0 Å². The molecule has 0 aliphatic heterocycles. The van der Waals surface area contributed by atoms with E-state index in [9.17, 15) is 4.79 Å². The Morgan fingerprint density at radius 1 is 1.22 bits per heavy atom. The third-order valence-electron chi connectivity index (χ3n) is 2.63. The van der Waals surface area contributed by atoms with E-state index in [2.05, 4.69) is 15.3 Å². The number of carbonyl (C=O) groups is 1. The Bertz CT molecular complexity index is 720. The highest BCUT2D eigenvalue weighted by molar-refractivity contribution is 6.04. The number of aromatic nitrogens is 4. The van der Waals surface area contributed by atoms with Crippen LogP contribution in [0.15, 0.2) is 42.7 Å². The van der Waals surface area contributed by atoms with Crippen LogP contribution in [-0.2, 0) is 0 Å². The smallest absolute Gasteiger partial charge is 0.251 e. The summed E-state index contributed by atoms with van der Waals surface area (Å²) in [5.74, 6) is -0.515. The molecule has 2 aromatic heterocycles. The largest absolute Gasteiger partial charge is 0.366 e. The molecule has 3 rings (SSSR count). The summed E-state index contributed by atoms with van der Waals surface area (Å²) in [6.45, 7) is 0. The topological polar surface area (TPSA) is 86.7 Å². The molecule has 88 valence electrons. The number of primary amides is 1. The summed E-state index contributed by atoms with van der Waals surface area (Å²) < 4.78 is 1.62. The molecule has 0 aliphatic carbocycles. The number of fused-ring (bicyclic) bond motifs is 1. The highest BCUT2D eigenvalue weighted by Gasteiger charge is 2.12. The molecular formula is C12H9N5O. The van der Waals surface area contributed by atoms with Gasteiger partial charge in [-0.25, -0.2) is 4.68 Å². The van der Waals surface area contributed by atoms with Gasteiger partial charge in [-0.3, -0.25) is 9.78 Å². The Morgan fingerprint density at radius 2 is 2.11 bits per heavy atom. The van der Waals surface area contributed by atoms with Gasteiger partial charge in [-0.05, 0) is 24.3 Å². The summed E-state index contributed by atoms with van der Waals surface area (Å²) in [6, 6.07) is 8.87. The molecule has 3 aromatic rings. The molecule has 0 radical (unpaired) electrons. The van der Waals surface area contributed by atoms with Crippen molar-refractivity contribution in [1.82, 2.24) is 20.0 Å². The summed E-state index contributed by atoms with van der Waals surface area (Å²) in [4.78, 5) is 15.3. The first kappa shape index (κ1) is 10.4. The van der Waals surface area contributed by atoms with Gasteiger partial charge in [0, 0.05) is 6.20 Å². The standard InChI is InChI=1S/C12H9N5O/c13-12(18)9-4-1-5-10-11(9)15-16-17(10)8-3-2-6-14-7-8/h1-7H,(H2,13,18). The summed E-state index contributed by atoms with van der Waals surface area (Å²) in [5, 5.41) is 8.03. The van der Waals surface area contributed by atoms with Gasteiger partial charge in [0.1, 0.15) is 5.52 Å². The van der Waals surface area contributed by atoms with Gasteiger partial charge in [-0.1, -0.05) is 11.3 Å². The van der Waals surface area contributed by atoms with E-state index in [1.54, 1.807) is 35.3 Å². The number of pyridine rings is 1. The quantitative estimate of drug-likeness (QED) is 0.720. The van der Waals surface area contributed by atoms with Crippen LogP contribution in [0.2, 0.25) is 0 Å². The van der Waals surface area contributed by atoms with E-state index < -0.39 is 5.91 Å². The number of nitrogens with zero attached hydrogens (tertiary/aromatic N) is 4. The summed E-state index contributed by atoms with van der Waals surface area (Å²) in [5.41, 5.74) is 7.66. The minimum atomic E-state index is -0.515. The van der Waals surface area contributed by atoms with Gasteiger partial charge in [0.25, 0.3) is 5.91 Å². The maximum atomic E-state index is 11.3. The number of benzene rings is 1. The molecule has 18 heavy (non-hydrogen) atoms. The van der Waals surface area contributed by atoms with Gasteiger partial charge >= 0.3 is 0 Å². The Balaban J connectivity index is 2.28. The number of hydrogen-bond acceptors (Lipinski definition) is 4. The molecule has 6 heteroatoms. The van der Waals surface area contributed by atoms with Crippen molar-refractivity contribution in [3.8, 4) is 5.69 Å². The van der Waals surface area contributed by atoms with Crippen LogP contribution in [0.1, 0.15) is 10.4 Å². The van der Waals surface area contributed by atoms with Gasteiger partial charge in [0.05, 0.1) is 23.0 Å². The van der Waals surface area contributed by atoms with Crippen molar-refractivity contribution in [3.63, 3.8) is 0 Å². The minimum absolute atomic E-state index is 0.364. The zero-order valence-electron chi connectivity index (χ0n) is 9.32. The molecule has 1 amide bonds. The first-order valence-corrected chi connectivity index (χ1v) is 5.32. The zero-order chi connectivity index (χ0) is 12.5. The molecule has 0 saturated carbocycles. The minimum Gasteiger partial charge on any atom is -0.366 e. The summed E-state index contributed by atoms with van der Waals surface area (Å²) in [6.07, 6.45) is 3.35. The fourth-order valence-electron chi connectivity index (χ4n) is 1.81. The van der Waals surface area contributed by atoms with Gasteiger partial charge in [-0.15, -0.1) is 5.10 Å². The van der Waals surface area contributed by atoms with Crippen LogP contribution in [0.5, 0.6) is 0 Å². The lowest BCUT2D eigenvalue weighted by molar-refractivity contribution is 0.100. The second-order valence-corrected chi connectivity index (χ2v) is 3.75. The molecular weight excluding hydrogens is 230 g/mol. The van der Waals surface area contributed by atoms with Crippen molar-refractivity contribution in [2.45, 2.75) is 0 Å². The number of rotatable bonds is 2. The third-order valence-corrected chi connectivity index (χ3v) is 2.63. The van der Waals surface area contributed by atoms with E-state index in [4.69, 9.17) is 5.73 Å². The van der Waals surface area contributed by atoms with Crippen molar-refractivity contribution in [2.24, 2.45) is 5.73 Å². The normalized spacial score (nSPS) is 10.7. The van der Waals surface area contributed by atoms with Crippen LogP contribution in [0.3, 0.4) is 0 Å². The molecule has 0 fully saturated rings. The van der Waals surface area contributed by atoms with E-state index >= 15 is 0 Å². The second-order valence-electron chi connectivity index (χ2n) is 3.75. The molecule has 6 nitrogen and oxygen atoms in total. The number of carbonyl (C=O) groups excluding carboxylic acids is 1. The van der Waals surface area contributed by atoms with E-state index in [1.807, 2.05) is 12.1 Å². The molecule has 0 spiro atoms. The van der Waals surface area contributed by atoms with E-state index in [-0.39, 0.29) is 0 Å². The predicted octanol–water partition coefficient (Wildman–Crippen LogP) is 0.914. The summed E-state index contributed by atoms with van der Waals surface area (Å²) in [7, 11) is 0. The first-order valence-electron chi connectivity index (χ1n) is 5.32. The molecule has 0 bridgehead atoms. The average molecular weight is 239 g/mol. The van der Waals surface area contributed by atoms with Gasteiger partial charge in [0.15, 0.2) is 0 Å². The number of hydrogen-bond donors (Lipinski definition) is 1. The van der Waals surface area contributed by atoms with Gasteiger partial charge in [-0.2, -0.15) is 0 Å². The average Bonchev–Trinajstić information content (AvgIpc) is 2.83. The maximum Gasteiger partial charge on any atom is 0.251 e. The number of amides is 1. The molecule has 0 saturated heterocycles. The maximum absolute atomic E-state index is 11.3. The van der Waals surface area contributed by atoms with Crippen LogP contribution in [0.25, 0.3) is 16.7 Å². The monoisotopic (exact) mass is 239 g/mol. The van der Waals surface area contributed by atoms with Crippen molar-refractivity contribution in [1.29, 1.82) is 0 Å². The molecule has 0 unspecified atom stereocenters. The molecule has 0 aliphatic rings. The van der Waals surface area contributed by atoms with Crippen molar-refractivity contribution in [3.05, 3.63) is 48.3 Å². The molecule has 1 aromatic carbocycles. The molecule has 2 N–H and O–H groups in total. The molecule has 2 heterocycles. The van der Waals surface area contributed by atoms with Crippen LogP contribution in [0, 0.1) is 0 Å². The van der Waals surface area contributed by atoms with Crippen molar-refractivity contribution < 1.29 is 4.79 Å². The highest BCUT2D eigenvalue weighted by Crippen LogP contribution is 2.18. The van der Waals surface area contributed by atoms with Gasteiger partial charge < -0.3 is 5.73 Å². The van der Waals surface area contributed by atoms with E-state index in [0.717, 1.165) is 11.2 Å². The Labute approximate surface area is 102 Å². The lowest BCUT2D eigenvalue weighted by Crippen LogP contribution is -2.11. The van der Waals surface area contributed by atoms with Crippen LogP contribution in [-0.4, -0.2) is 25.9 Å². The van der Waals surface area contributed by atoms with Crippen LogP contribution < -0.4 is 5.73 Å². The first-order chi connectivity index (χ1) is 8.77. The predicted molar refractivity (Wildman–Crippen MR) is 65.2 cm³/mol. The molecule has 0 atom stereocenters. The summed E-state index contributed by atoms with van der Waals surface area (Å²) >= 11 is 0. The fourth-order valence-corrected chi connectivity index (χ4v) is 1.81. The third kappa shape index (κ3) is 1.51. The lowest BCUT2D eigenvalue weighted by atomic mass is 10.2. The SMILES string of the molecule is NC(=O)c1cccc2c1nnn2-c1cccnc1.